The highest BCUT2D eigenvalue weighted by Gasteiger charge is 2.32. The summed E-state index contributed by atoms with van der Waals surface area (Å²) in [5, 5.41) is 0. The number of unbranched alkanes of at least 4 members (excludes halogenated alkanes) is 9. The molecule has 1 aliphatic heterocycles. The van der Waals surface area contributed by atoms with E-state index in [4.69, 9.17) is 0 Å². The van der Waals surface area contributed by atoms with Gasteiger partial charge in [0.15, 0.2) is 0 Å². The van der Waals surface area contributed by atoms with Crippen LogP contribution in [0.3, 0.4) is 0 Å². The quantitative estimate of drug-likeness (QED) is 0.149. The molecule has 144 valence electrons. The molecule has 0 saturated carbocycles. The maximum atomic E-state index is 11.3. The Hall–Kier alpha value is -1.12. The first kappa shape index (κ1) is 21.9. The first-order valence-corrected chi connectivity index (χ1v) is 10.5. The van der Waals surface area contributed by atoms with E-state index in [1.54, 1.807) is 0 Å². The molecule has 1 heterocycles. The van der Waals surface area contributed by atoms with Crippen molar-refractivity contribution in [3.63, 3.8) is 0 Å². The third-order valence-electron chi connectivity index (χ3n) is 4.95. The van der Waals surface area contributed by atoms with Gasteiger partial charge in [0, 0.05) is 0 Å². The summed E-state index contributed by atoms with van der Waals surface area (Å²) in [5.41, 5.74) is 0. The van der Waals surface area contributed by atoms with E-state index in [1.165, 1.54) is 64.2 Å². The van der Waals surface area contributed by atoms with E-state index in [0.29, 0.717) is 6.42 Å². The average molecular weight is 351 g/mol. The predicted octanol–water partition coefficient (Wildman–Crippen LogP) is 6.36. The van der Waals surface area contributed by atoms with Crippen LogP contribution in [0.15, 0.2) is 12.2 Å². The van der Waals surface area contributed by atoms with Gasteiger partial charge in [-0.05, 0) is 38.0 Å². The summed E-state index contributed by atoms with van der Waals surface area (Å²) in [6.07, 6.45) is 21.0. The van der Waals surface area contributed by atoms with Crippen molar-refractivity contribution in [3.8, 4) is 0 Å². The van der Waals surface area contributed by atoms with E-state index in [2.05, 4.69) is 30.7 Å². The number of ether oxygens (including phenoxy) is 1. The smallest absolute Gasteiger partial charge is 0.317 e. The molecule has 1 saturated heterocycles. The monoisotopic (exact) mass is 350 g/mol. The van der Waals surface area contributed by atoms with Crippen LogP contribution in [-0.4, -0.2) is 11.9 Å². The molecule has 0 spiro atoms. The summed E-state index contributed by atoms with van der Waals surface area (Å²) in [4.78, 5) is 22.3. The highest BCUT2D eigenvalue weighted by Crippen LogP contribution is 2.22. The Morgan fingerprint density at radius 2 is 1.44 bits per heavy atom. The molecular formula is C22H38O3. The van der Waals surface area contributed by atoms with Crippen molar-refractivity contribution in [2.24, 2.45) is 11.8 Å². The van der Waals surface area contributed by atoms with Crippen LogP contribution >= 0.6 is 0 Å². The van der Waals surface area contributed by atoms with Gasteiger partial charge in [0.1, 0.15) is 0 Å². The molecule has 0 aromatic heterocycles. The molecule has 1 unspecified atom stereocenters. The Bertz CT molecular complexity index is 398. The second-order valence-corrected chi connectivity index (χ2v) is 7.90. The SMILES string of the molecule is CC(C)CCCCC=CCCCCCCCCCC1CC(=O)OC1=O. The fourth-order valence-electron chi connectivity index (χ4n) is 3.33. The normalized spacial score (nSPS) is 17.8. The fraction of sp³-hybridized carbons (Fsp3) is 0.818. The highest BCUT2D eigenvalue weighted by atomic mass is 16.6. The lowest BCUT2D eigenvalue weighted by Gasteiger charge is -2.04. The molecule has 1 aliphatic rings. The van der Waals surface area contributed by atoms with Crippen molar-refractivity contribution in [2.45, 2.75) is 104 Å². The maximum absolute atomic E-state index is 11.3. The van der Waals surface area contributed by atoms with Gasteiger partial charge >= 0.3 is 11.9 Å². The molecule has 1 fully saturated rings. The van der Waals surface area contributed by atoms with Crippen LogP contribution in [0.25, 0.3) is 0 Å². The van der Waals surface area contributed by atoms with E-state index >= 15 is 0 Å². The number of rotatable bonds is 15. The predicted molar refractivity (Wildman–Crippen MR) is 103 cm³/mol. The summed E-state index contributed by atoms with van der Waals surface area (Å²) in [6.45, 7) is 4.59. The second-order valence-electron chi connectivity index (χ2n) is 7.90. The molecule has 1 atom stereocenters. The van der Waals surface area contributed by atoms with Crippen LogP contribution in [0.4, 0.5) is 0 Å². The molecule has 3 heteroatoms. The van der Waals surface area contributed by atoms with Gasteiger partial charge in [0.05, 0.1) is 12.3 Å². The van der Waals surface area contributed by atoms with Gasteiger partial charge in [-0.25, -0.2) is 0 Å². The largest absolute Gasteiger partial charge is 0.393 e. The average Bonchev–Trinajstić information content (AvgIpc) is 2.88. The van der Waals surface area contributed by atoms with Crippen LogP contribution in [0, 0.1) is 11.8 Å². The highest BCUT2D eigenvalue weighted by molar-refractivity contribution is 5.94. The van der Waals surface area contributed by atoms with E-state index in [0.717, 1.165) is 25.2 Å². The summed E-state index contributed by atoms with van der Waals surface area (Å²) in [6, 6.07) is 0. The molecule has 0 N–H and O–H groups in total. The van der Waals surface area contributed by atoms with Gasteiger partial charge in [0.25, 0.3) is 0 Å². The minimum Gasteiger partial charge on any atom is -0.393 e. The van der Waals surface area contributed by atoms with Crippen LogP contribution in [0.1, 0.15) is 104 Å². The Kier molecular flexibility index (Phi) is 12.4. The molecule has 0 aromatic carbocycles. The Morgan fingerprint density at radius 3 is 2.00 bits per heavy atom. The number of allylic oxidation sites excluding steroid dienone is 2. The number of hydrogen-bond donors (Lipinski definition) is 0. The van der Waals surface area contributed by atoms with Crippen LogP contribution in [0.2, 0.25) is 0 Å². The van der Waals surface area contributed by atoms with Gasteiger partial charge in [-0.15, -0.1) is 0 Å². The van der Waals surface area contributed by atoms with E-state index in [-0.39, 0.29) is 17.9 Å². The van der Waals surface area contributed by atoms with Crippen molar-refractivity contribution < 1.29 is 14.3 Å². The van der Waals surface area contributed by atoms with Gasteiger partial charge < -0.3 is 4.74 Å². The standard InChI is InChI=1S/C22H38O3/c1-19(2)16-14-12-10-8-6-4-3-5-7-9-11-13-15-17-20-18-21(23)25-22(20)24/h6,8,19-20H,3-5,7,9-18H2,1-2H3. The van der Waals surface area contributed by atoms with Crippen molar-refractivity contribution >= 4 is 11.9 Å². The Morgan fingerprint density at radius 1 is 0.880 bits per heavy atom. The van der Waals surface area contributed by atoms with Gasteiger partial charge in [-0.2, -0.15) is 0 Å². The topological polar surface area (TPSA) is 43.4 Å². The fourth-order valence-corrected chi connectivity index (χ4v) is 3.33. The summed E-state index contributed by atoms with van der Waals surface area (Å²) < 4.78 is 4.57. The lowest BCUT2D eigenvalue weighted by molar-refractivity contribution is -0.153. The number of cyclic esters (lactones) is 2. The summed E-state index contributed by atoms with van der Waals surface area (Å²) in [7, 11) is 0. The van der Waals surface area contributed by atoms with Gasteiger partial charge in [-0.3, -0.25) is 9.59 Å². The number of hydrogen-bond acceptors (Lipinski definition) is 3. The molecular weight excluding hydrogens is 312 g/mol. The van der Waals surface area contributed by atoms with Crippen molar-refractivity contribution in [1.82, 2.24) is 0 Å². The zero-order valence-electron chi connectivity index (χ0n) is 16.4. The molecule has 0 radical (unpaired) electrons. The molecule has 1 rings (SSSR count). The minimum absolute atomic E-state index is 0.162. The molecule has 0 aromatic rings. The molecule has 3 nitrogen and oxygen atoms in total. The maximum Gasteiger partial charge on any atom is 0.317 e. The zero-order chi connectivity index (χ0) is 18.3. The van der Waals surface area contributed by atoms with Crippen molar-refractivity contribution in [3.05, 3.63) is 12.2 Å². The zero-order valence-corrected chi connectivity index (χ0v) is 16.4. The van der Waals surface area contributed by atoms with E-state index < -0.39 is 0 Å². The van der Waals surface area contributed by atoms with E-state index in [9.17, 15) is 9.59 Å². The van der Waals surface area contributed by atoms with Crippen LogP contribution < -0.4 is 0 Å². The lowest BCUT2D eigenvalue weighted by Crippen LogP contribution is -2.06. The third kappa shape index (κ3) is 12.0. The summed E-state index contributed by atoms with van der Waals surface area (Å²) >= 11 is 0. The summed E-state index contributed by atoms with van der Waals surface area (Å²) in [5.74, 6) is 0.0228. The number of esters is 2. The van der Waals surface area contributed by atoms with Crippen LogP contribution in [0.5, 0.6) is 0 Å². The van der Waals surface area contributed by atoms with Gasteiger partial charge in [-0.1, -0.05) is 77.4 Å². The number of carbonyl (C=O) groups is 2. The lowest BCUT2D eigenvalue weighted by atomic mass is 9.99. The number of carbonyl (C=O) groups excluding carboxylic acids is 2. The molecule has 0 bridgehead atoms. The first-order valence-electron chi connectivity index (χ1n) is 10.5. The third-order valence-corrected chi connectivity index (χ3v) is 4.95. The Labute approximate surface area is 154 Å². The van der Waals surface area contributed by atoms with Gasteiger partial charge in [0.2, 0.25) is 0 Å². The van der Waals surface area contributed by atoms with E-state index in [1.807, 2.05) is 0 Å². The molecule has 0 aliphatic carbocycles. The molecule has 25 heavy (non-hydrogen) atoms. The first-order chi connectivity index (χ1) is 12.1. The van der Waals surface area contributed by atoms with Crippen molar-refractivity contribution in [1.29, 1.82) is 0 Å². The second kappa shape index (κ2) is 14.1. The molecule has 0 amide bonds. The minimum atomic E-state index is -0.348. The Balaban J connectivity index is 1.78. The van der Waals surface area contributed by atoms with Crippen molar-refractivity contribution in [2.75, 3.05) is 0 Å². The van der Waals surface area contributed by atoms with Crippen LogP contribution in [-0.2, 0) is 14.3 Å².